The van der Waals surface area contributed by atoms with E-state index in [4.69, 9.17) is 14.7 Å². The number of pyridine rings is 2. The number of hydrogen-bond donors (Lipinski definition) is 0. The number of unbranched alkanes of at least 4 members (excludes halogenated alkanes) is 2. The molecule has 0 radical (unpaired) electrons. The van der Waals surface area contributed by atoms with E-state index in [9.17, 15) is 9.59 Å². The summed E-state index contributed by atoms with van der Waals surface area (Å²) in [4.78, 5) is 39.3. The highest BCUT2D eigenvalue weighted by atomic mass is 16.5. The molecule has 0 unspecified atom stereocenters. The van der Waals surface area contributed by atoms with Gasteiger partial charge in [-0.05, 0) is 51.3 Å². The van der Waals surface area contributed by atoms with Gasteiger partial charge in [-0.25, -0.2) is 9.98 Å². The topological polar surface area (TPSA) is 76.8 Å². The maximum absolute atomic E-state index is 14.0. The zero-order valence-corrected chi connectivity index (χ0v) is 22.1. The van der Waals surface area contributed by atoms with Crippen molar-refractivity contribution < 1.29 is 9.53 Å². The van der Waals surface area contributed by atoms with E-state index < -0.39 is 5.60 Å². The van der Waals surface area contributed by atoms with Crippen molar-refractivity contribution in [2.24, 2.45) is 4.99 Å². The van der Waals surface area contributed by atoms with Gasteiger partial charge in [-0.15, -0.1) is 0 Å². The Hall–Kier alpha value is -3.32. The maximum Gasteiger partial charge on any atom is 0.254 e. The van der Waals surface area contributed by atoms with Crippen LogP contribution in [0.2, 0.25) is 0 Å². The highest BCUT2D eigenvalue weighted by Gasteiger charge is 2.46. The van der Waals surface area contributed by atoms with Crippen LogP contribution in [-0.4, -0.2) is 34.3 Å². The van der Waals surface area contributed by atoms with Gasteiger partial charge in [-0.3, -0.25) is 9.59 Å². The van der Waals surface area contributed by atoms with Gasteiger partial charge in [0.15, 0.2) is 11.4 Å². The average Bonchev–Trinajstić information content (AvgIpc) is 3.26. The van der Waals surface area contributed by atoms with Crippen molar-refractivity contribution in [1.29, 1.82) is 0 Å². The molecule has 0 spiro atoms. The second kappa shape index (κ2) is 8.91. The SMILES string of the molecule is CCCCCN1C=Nc2cccc3nc4c(c1c23)Cn1c-4cc2c(c1=O)CCC(=O)[C@@]2(CC)OC(C)C. The van der Waals surface area contributed by atoms with E-state index in [0.717, 1.165) is 70.6 Å². The summed E-state index contributed by atoms with van der Waals surface area (Å²) >= 11 is 0. The van der Waals surface area contributed by atoms with Gasteiger partial charge in [0.05, 0.1) is 52.7 Å². The smallest absolute Gasteiger partial charge is 0.254 e. The molecule has 37 heavy (non-hydrogen) atoms. The Bertz CT molecular complexity index is 1520. The van der Waals surface area contributed by atoms with Crippen LogP contribution in [0.15, 0.2) is 34.1 Å². The van der Waals surface area contributed by atoms with Gasteiger partial charge in [-0.1, -0.05) is 32.8 Å². The fourth-order valence-corrected chi connectivity index (χ4v) is 6.39. The summed E-state index contributed by atoms with van der Waals surface area (Å²) in [6.07, 6.45) is 6.43. The molecule has 1 aromatic carbocycles. The number of nitrogens with zero attached hydrogens (tertiary/aromatic N) is 4. The molecule has 4 heterocycles. The standard InChI is InChI=1S/C30H34N4O3/c1-5-7-8-14-33-17-31-22-10-9-11-23-26(22)28(33)20-16-34-24(27(20)32-23)15-21-19(29(34)36)12-13-25(35)30(21,6-2)37-18(3)4/h9-11,15,17-18H,5-8,12-14,16H2,1-4H3/t30-/m0/s1. The zero-order chi connectivity index (χ0) is 25.9. The first-order valence-corrected chi connectivity index (χ1v) is 13.6. The first-order chi connectivity index (χ1) is 17.9. The number of ketones is 1. The van der Waals surface area contributed by atoms with Crippen molar-refractivity contribution in [3.05, 3.63) is 51.3 Å². The summed E-state index contributed by atoms with van der Waals surface area (Å²) in [6, 6.07) is 8.06. The van der Waals surface area contributed by atoms with E-state index in [1.165, 1.54) is 0 Å². The molecular formula is C30H34N4O3. The van der Waals surface area contributed by atoms with Crippen LogP contribution in [0.25, 0.3) is 22.3 Å². The summed E-state index contributed by atoms with van der Waals surface area (Å²) in [6.45, 7) is 9.41. The Morgan fingerprint density at radius 1 is 1.11 bits per heavy atom. The van der Waals surface area contributed by atoms with Crippen LogP contribution in [0.5, 0.6) is 0 Å². The van der Waals surface area contributed by atoms with Crippen molar-refractivity contribution >= 4 is 34.4 Å². The molecular weight excluding hydrogens is 464 g/mol. The molecule has 0 bridgehead atoms. The molecule has 7 nitrogen and oxygen atoms in total. The lowest BCUT2D eigenvalue weighted by Gasteiger charge is -2.38. The number of ether oxygens (including phenoxy) is 1. The fraction of sp³-hybridized carbons (Fsp3) is 0.467. The summed E-state index contributed by atoms with van der Waals surface area (Å²) < 4.78 is 8.19. The van der Waals surface area contributed by atoms with Crippen molar-refractivity contribution in [3.63, 3.8) is 0 Å². The van der Waals surface area contributed by atoms with Crippen molar-refractivity contribution in [3.8, 4) is 11.4 Å². The molecule has 3 aromatic rings. The maximum atomic E-state index is 14.0. The van der Waals surface area contributed by atoms with Crippen LogP contribution in [-0.2, 0) is 28.1 Å². The molecule has 1 atom stereocenters. The largest absolute Gasteiger partial charge is 0.360 e. The minimum atomic E-state index is -1.09. The number of carbonyl (C=O) groups is 1. The normalized spacial score (nSPS) is 19.5. The van der Waals surface area contributed by atoms with Crippen LogP contribution in [0.1, 0.15) is 76.5 Å². The second-order valence-electron chi connectivity index (χ2n) is 10.7. The van der Waals surface area contributed by atoms with Crippen LogP contribution >= 0.6 is 0 Å². The third-order valence-corrected chi connectivity index (χ3v) is 8.07. The Kier molecular flexibility index (Phi) is 5.79. The summed E-state index contributed by atoms with van der Waals surface area (Å²) in [7, 11) is 0. The van der Waals surface area contributed by atoms with Crippen molar-refractivity contribution in [2.45, 2.75) is 84.5 Å². The van der Waals surface area contributed by atoms with E-state index in [2.05, 4.69) is 11.8 Å². The lowest BCUT2D eigenvalue weighted by molar-refractivity contribution is -0.155. The number of benzene rings is 1. The minimum absolute atomic E-state index is 0.0262. The number of rotatable bonds is 7. The first kappa shape index (κ1) is 24.0. The number of hydrogen-bond acceptors (Lipinski definition) is 6. The number of carbonyl (C=O) groups excluding carboxylic acids is 1. The number of aliphatic imine (C=N–C) groups is 1. The van der Waals surface area contributed by atoms with E-state index in [0.29, 0.717) is 31.4 Å². The van der Waals surface area contributed by atoms with Crippen molar-refractivity contribution in [1.82, 2.24) is 9.55 Å². The highest BCUT2D eigenvalue weighted by molar-refractivity contribution is 6.11. The Morgan fingerprint density at radius 3 is 2.70 bits per heavy atom. The predicted molar refractivity (Wildman–Crippen MR) is 147 cm³/mol. The number of anilines is 1. The Labute approximate surface area is 217 Å². The number of aromatic nitrogens is 2. The molecule has 0 N–H and O–H groups in total. The van der Waals surface area contributed by atoms with E-state index in [-0.39, 0.29) is 17.4 Å². The van der Waals surface area contributed by atoms with Gasteiger partial charge in [0.1, 0.15) is 0 Å². The summed E-state index contributed by atoms with van der Waals surface area (Å²) in [5, 5.41) is 1.05. The molecule has 3 aliphatic rings. The first-order valence-electron chi connectivity index (χ1n) is 13.6. The van der Waals surface area contributed by atoms with Crippen LogP contribution in [0, 0.1) is 0 Å². The molecule has 2 aliphatic heterocycles. The molecule has 0 amide bonds. The molecule has 2 aromatic heterocycles. The average molecular weight is 499 g/mol. The third-order valence-electron chi connectivity index (χ3n) is 8.07. The van der Waals surface area contributed by atoms with E-state index in [1.807, 2.05) is 55.9 Å². The van der Waals surface area contributed by atoms with Crippen LogP contribution in [0.3, 0.4) is 0 Å². The van der Waals surface area contributed by atoms with Gasteiger partial charge in [0.25, 0.3) is 5.56 Å². The molecule has 0 saturated heterocycles. The Balaban J connectivity index is 1.59. The second-order valence-corrected chi connectivity index (χ2v) is 10.7. The quantitative estimate of drug-likeness (QED) is 0.308. The Morgan fingerprint density at radius 2 is 1.95 bits per heavy atom. The van der Waals surface area contributed by atoms with Gasteiger partial charge in [0, 0.05) is 29.7 Å². The van der Waals surface area contributed by atoms with Crippen molar-refractivity contribution in [2.75, 3.05) is 11.4 Å². The monoisotopic (exact) mass is 498 g/mol. The summed E-state index contributed by atoms with van der Waals surface area (Å²) in [5.74, 6) is 0.0586. The van der Waals surface area contributed by atoms with Gasteiger partial charge in [0.2, 0.25) is 0 Å². The van der Waals surface area contributed by atoms with Gasteiger partial charge in [-0.2, -0.15) is 0 Å². The molecule has 0 saturated carbocycles. The highest BCUT2D eigenvalue weighted by Crippen LogP contribution is 2.47. The predicted octanol–water partition coefficient (Wildman–Crippen LogP) is 5.64. The molecule has 6 rings (SSSR count). The zero-order valence-electron chi connectivity index (χ0n) is 22.1. The van der Waals surface area contributed by atoms with Gasteiger partial charge >= 0.3 is 0 Å². The third kappa shape index (κ3) is 3.51. The summed E-state index contributed by atoms with van der Waals surface area (Å²) in [5.41, 5.74) is 5.88. The molecule has 192 valence electrons. The fourth-order valence-electron chi connectivity index (χ4n) is 6.39. The van der Waals surface area contributed by atoms with E-state index in [1.54, 1.807) is 0 Å². The van der Waals surface area contributed by atoms with Gasteiger partial charge < -0.3 is 14.2 Å². The number of fused-ring (bicyclic) bond motifs is 5. The molecule has 0 fully saturated rings. The van der Waals surface area contributed by atoms with Crippen LogP contribution in [0.4, 0.5) is 11.4 Å². The minimum Gasteiger partial charge on any atom is -0.360 e. The molecule has 1 aliphatic carbocycles. The van der Waals surface area contributed by atoms with Crippen LogP contribution < -0.4 is 10.5 Å². The lowest BCUT2D eigenvalue weighted by Crippen LogP contribution is -2.46. The lowest BCUT2D eigenvalue weighted by atomic mass is 9.76. The van der Waals surface area contributed by atoms with E-state index >= 15 is 0 Å². The number of Topliss-reactive ketones (excluding diaryl/α,β-unsaturated/α-hetero) is 1. The molecule has 7 heteroatoms.